The number of carbonyl (C=O) groups is 2. The minimum absolute atomic E-state index is 0.162. The molecule has 1 saturated heterocycles. The molecule has 1 heterocycles. The van der Waals surface area contributed by atoms with Crippen LogP contribution in [0.5, 0.6) is 0 Å². The van der Waals surface area contributed by atoms with Gasteiger partial charge >= 0.3 is 11.9 Å². The Hall–Kier alpha value is -2.92. The largest absolute Gasteiger partial charge is 0.468 e. The number of benzene rings is 2. The van der Waals surface area contributed by atoms with Crippen LogP contribution in [0.3, 0.4) is 0 Å². The van der Waals surface area contributed by atoms with Crippen molar-refractivity contribution in [3.63, 3.8) is 0 Å². The Balaban J connectivity index is 2.03. The first-order chi connectivity index (χ1) is 13.5. The minimum atomic E-state index is -1.50. The number of nitrogens with zero attached hydrogens (tertiary/aromatic N) is 1. The van der Waals surface area contributed by atoms with E-state index < -0.39 is 17.4 Å². The van der Waals surface area contributed by atoms with Gasteiger partial charge in [-0.3, -0.25) is 14.5 Å². The second-order valence-electron chi connectivity index (χ2n) is 7.01. The van der Waals surface area contributed by atoms with Gasteiger partial charge in [-0.15, -0.1) is 0 Å². The lowest BCUT2D eigenvalue weighted by Gasteiger charge is -2.45. The Morgan fingerprint density at radius 3 is 2.07 bits per heavy atom. The zero-order valence-corrected chi connectivity index (χ0v) is 16.3. The van der Waals surface area contributed by atoms with Gasteiger partial charge in [0.15, 0.2) is 5.41 Å². The molecule has 0 radical (unpaired) electrons. The monoisotopic (exact) mass is 379 g/mol. The van der Waals surface area contributed by atoms with Crippen molar-refractivity contribution in [2.24, 2.45) is 5.41 Å². The maximum atomic E-state index is 12.7. The van der Waals surface area contributed by atoms with Crippen molar-refractivity contribution in [2.75, 3.05) is 20.8 Å². The number of hydrogen-bond acceptors (Lipinski definition) is 5. The molecule has 146 valence electrons. The highest BCUT2D eigenvalue weighted by molar-refractivity contribution is 6.03. The SMILES string of the molecule is C=C1CN(Cc2ccccc2)[C@@H](c2ccccc2)CC1(C(=O)OC)C(=O)OC. The highest BCUT2D eigenvalue weighted by Crippen LogP contribution is 2.46. The molecule has 5 heteroatoms. The predicted octanol–water partition coefficient (Wildman–Crippen LogP) is 3.52. The molecule has 2 aromatic rings. The molecule has 3 rings (SSSR count). The van der Waals surface area contributed by atoms with Gasteiger partial charge in [0.05, 0.1) is 14.2 Å². The van der Waals surface area contributed by atoms with E-state index in [2.05, 4.69) is 23.6 Å². The summed E-state index contributed by atoms with van der Waals surface area (Å²) < 4.78 is 10.0. The van der Waals surface area contributed by atoms with Gasteiger partial charge < -0.3 is 9.47 Å². The van der Waals surface area contributed by atoms with Crippen LogP contribution < -0.4 is 0 Å². The summed E-state index contributed by atoms with van der Waals surface area (Å²) in [6.45, 7) is 5.15. The lowest BCUT2D eigenvalue weighted by molar-refractivity contribution is -0.169. The molecular formula is C23H25NO4. The van der Waals surface area contributed by atoms with Crippen molar-refractivity contribution in [3.8, 4) is 0 Å². The normalized spacial score (nSPS) is 19.1. The van der Waals surface area contributed by atoms with Crippen LogP contribution in [0.15, 0.2) is 72.8 Å². The summed E-state index contributed by atoms with van der Waals surface area (Å²) >= 11 is 0. The maximum absolute atomic E-state index is 12.7. The van der Waals surface area contributed by atoms with Crippen LogP contribution in [-0.2, 0) is 25.6 Å². The van der Waals surface area contributed by atoms with Gasteiger partial charge in [0, 0.05) is 19.1 Å². The Morgan fingerprint density at radius 2 is 1.54 bits per heavy atom. The summed E-state index contributed by atoms with van der Waals surface area (Å²) in [6.07, 6.45) is 0.224. The zero-order chi connectivity index (χ0) is 20.1. The fraction of sp³-hybridized carbons (Fsp3) is 0.304. The van der Waals surface area contributed by atoms with Gasteiger partial charge in [0.2, 0.25) is 0 Å². The molecule has 0 amide bonds. The standard InChI is InChI=1S/C23H25NO4/c1-17-15-24(16-18-10-6-4-7-11-18)20(19-12-8-5-9-13-19)14-23(17,21(25)27-2)22(26)28-3/h4-13,20H,1,14-16H2,2-3H3/t20-/m1/s1. The molecule has 1 aliphatic heterocycles. The van der Waals surface area contributed by atoms with Crippen LogP contribution in [0.4, 0.5) is 0 Å². The Kier molecular flexibility index (Phi) is 5.95. The number of esters is 2. The van der Waals surface area contributed by atoms with Crippen LogP contribution >= 0.6 is 0 Å². The van der Waals surface area contributed by atoms with Gasteiger partial charge in [-0.25, -0.2) is 0 Å². The predicted molar refractivity (Wildman–Crippen MR) is 106 cm³/mol. The summed E-state index contributed by atoms with van der Waals surface area (Å²) in [4.78, 5) is 27.7. The Labute approximate surface area is 165 Å². The number of carbonyl (C=O) groups excluding carboxylic acids is 2. The van der Waals surface area contributed by atoms with Crippen LogP contribution in [-0.4, -0.2) is 37.6 Å². The third-order valence-corrected chi connectivity index (χ3v) is 5.42. The Bertz CT molecular complexity index is 831. The molecule has 0 unspecified atom stereocenters. The van der Waals surface area contributed by atoms with E-state index in [4.69, 9.17) is 9.47 Å². The van der Waals surface area contributed by atoms with Crippen LogP contribution in [0.1, 0.15) is 23.6 Å². The molecule has 1 fully saturated rings. The van der Waals surface area contributed by atoms with Crippen molar-refractivity contribution in [3.05, 3.63) is 83.9 Å². The quantitative estimate of drug-likeness (QED) is 0.452. The number of methoxy groups -OCH3 is 2. The Morgan fingerprint density at radius 1 is 1.00 bits per heavy atom. The third kappa shape index (κ3) is 3.58. The summed E-state index contributed by atoms with van der Waals surface area (Å²) in [7, 11) is 2.57. The summed E-state index contributed by atoms with van der Waals surface area (Å²) in [5.74, 6) is -1.24. The fourth-order valence-corrected chi connectivity index (χ4v) is 3.93. The van der Waals surface area contributed by atoms with Crippen LogP contribution in [0.2, 0.25) is 0 Å². The third-order valence-electron chi connectivity index (χ3n) is 5.42. The van der Waals surface area contributed by atoms with Crippen molar-refractivity contribution >= 4 is 11.9 Å². The fourth-order valence-electron chi connectivity index (χ4n) is 3.93. The summed E-state index contributed by atoms with van der Waals surface area (Å²) in [5.41, 5.74) is 1.18. The van der Waals surface area contributed by atoms with E-state index in [0.717, 1.165) is 11.1 Å². The highest BCUT2D eigenvalue weighted by atomic mass is 16.5. The molecule has 1 atom stereocenters. The first kappa shape index (κ1) is 19.8. The lowest BCUT2D eigenvalue weighted by atomic mass is 9.70. The molecule has 1 aliphatic rings. The highest BCUT2D eigenvalue weighted by Gasteiger charge is 2.55. The molecule has 0 spiro atoms. The van der Waals surface area contributed by atoms with E-state index in [1.54, 1.807) is 0 Å². The van der Waals surface area contributed by atoms with E-state index in [1.807, 2.05) is 48.5 Å². The van der Waals surface area contributed by atoms with E-state index in [9.17, 15) is 9.59 Å². The number of likely N-dealkylation sites (tertiary alicyclic amines) is 1. The molecule has 5 nitrogen and oxygen atoms in total. The van der Waals surface area contributed by atoms with E-state index in [1.165, 1.54) is 14.2 Å². The first-order valence-electron chi connectivity index (χ1n) is 9.21. The van der Waals surface area contributed by atoms with E-state index in [0.29, 0.717) is 18.7 Å². The molecule has 2 aromatic carbocycles. The molecule has 28 heavy (non-hydrogen) atoms. The van der Waals surface area contributed by atoms with E-state index in [-0.39, 0.29) is 12.5 Å². The minimum Gasteiger partial charge on any atom is -0.468 e. The van der Waals surface area contributed by atoms with Gasteiger partial charge in [0.1, 0.15) is 0 Å². The van der Waals surface area contributed by atoms with E-state index >= 15 is 0 Å². The number of rotatable bonds is 5. The molecule has 0 aromatic heterocycles. The van der Waals surface area contributed by atoms with Crippen molar-refractivity contribution < 1.29 is 19.1 Å². The van der Waals surface area contributed by atoms with Crippen molar-refractivity contribution in [2.45, 2.75) is 19.0 Å². The average Bonchev–Trinajstić information content (AvgIpc) is 2.74. The molecule has 0 aliphatic carbocycles. The van der Waals surface area contributed by atoms with Crippen molar-refractivity contribution in [1.29, 1.82) is 0 Å². The zero-order valence-electron chi connectivity index (χ0n) is 16.3. The molecule has 0 saturated carbocycles. The average molecular weight is 379 g/mol. The maximum Gasteiger partial charge on any atom is 0.327 e. The van der Waals surface area contributed by atoms with Gasteiger partial charge in [0.25, 0.3) is 0 Å². The second-order valence-corrected chi connectivity index (χ2v) is 7.01. The van der Waals surface area contributed by atoms with Crippen LogP contribution in [0, 0.1) is 5.41 Å². The number of ether oxygens (including phenoxy) is 2. The molecule has 0 N–H and O–H groups in total. The summed E-state index contributed by atoms with van der Waals surface area (Å²) in [6, 6.07) is 19.8. The molecule has 0 bridgehead atoms. The van der Waals surface area contributed by atoms with Crippen molar-refractivity contribution in [1.82, 2.24) is 4.90 Å². The van der Waals surface area contributed by atoms with Gasteiger partial charge in [-0.1, -0.05) is 67.2 Å². The number of piperidine rings is 1. The summed E-state index contributed by atoms with van der Waals surface area (Å²) in [5, 5.41) is 0. The lowest BCUT2D eigenvalue weighted by Crippen LogP contribution is -2.52. The smallest absolute Gasteiger partial charge is 0.327 e. The molecular weight excluding hydrogens is 354 g/mol. The first-order valence-corrected chi connectivity index (χ1v) is 9.21. The number of hydrogen-bond donors (Lipinski definition) is 0. The topological polar surface area (TPSA) is 55.8 Å². The second kappa shape index (κ2) is 8.40. The van der Waals surface area contributed by atoms with Gasteiger partial charge in [-0.2, -0.15) is 0 Å². The van der Waals surface area contributed by atoms with Crippen LogP contribution in [0.25, 0.3) is 0 Å². The van der Waals surface area contributed by atoms with Gasteiger partial charge in [-0.05, 0) is 23.1 Å².